The summed E-state index contributed by atoms with van der Waals surface area (Å²) in [6.45, 7) is 0.348. The predicted molar refractivity (Wildman–Crippen MR) is 122 cm³/mol. The molecule has 0 aliphatic carbocycles. The number of carboxylic acid groups (broad SMARTS) is 1. The van der Waals surface area contributed by atoms with Crippen LogP contribution in [0.3, 0.4) is 0 Å². The molecule has 0 radical (unpaired) electrons. The first kappa shape index (κ1) is 21.4. The minimum absolute atomic E-state index is 0.0344. The number of nitrogens with two attached hydrogens (primary N) is 1. The number of aliphatic carboxylic acids is 1. The number of nitrogen functional groups attached to an aromatic ring is 1. The van der Waals surface area contributed by atoms with Crippen molar-refractivity contribution in [3.63, 3.8) is 0 Å². The van der Waals surface area contributed by atoms with E-state index in [4.69, 9.17) is 10.5 Å². The zero-order valence-electron chi connectivity index (χ0n) is 17.5. The Hall–Kier alpha value is -3.84. The van der Waals surface area contributed by atoms with Crippen molar-refractivity contribution < 1.29 is 19.4 Å². The third kappa shape index (κ3) is 4.90. The molecule has 7 heteroatoms. The van der Waals surface area contributed by atoms with Gasteiger partial charge in [0.2, 0.25) is 5.91 Å². The minimum atomic E-state index is -1.02. The molecule has 1 heterocycles. The molecule has 0 bridgehead atoms. The monoisotopic (exact) mass is 431 g/mol. The summed E-state index contributed by atoms with van der Waals surface area (Å²) in [5, 5.41) is 12.8. The van der Waals surface area contributed by atoms with Gasteiger partial charge in [0.1, 0.15) is 24.4 Å². The average molecular weight is 431 g/mol. The molecule has 0 fully saturated rings. The number of carboxylic acids is 1. The van der Waals surface area contributed by atoms with Gasteiger partial charge in [0, 0.05) is 5.69 Å². The van der Waals surface area contributed by atoms with Gasteiger partial charge in [-0.3, -0.25) is 14.9 Å². The number of nitrogens with zero attached hydrogens (tertiary/aromatic N) is 1. The van der Waals surface area contributed by atoms with E-state index in [-0.39, 0.29) is 18.9 Å². The van der Waals surface area contributed by atoms with E-state index in [0.717, 1.165) is 11.1 Å². The number of ether oxygens (including phenoxy) is 1. The van der Waals surface area contributed by atoms with Gasteiger partial charge in [0.15, 0.2) is 0 Å². The Bertz CT molecular complexity index is 1090. The Morgan fingerprint density at radius 3 is 2.44 bits per heavy atom. The van der Waals surface area contributed by atoms with Gasteiger partial charge in [-0.1, -0.05) is 54.6 Å². The second-order valence-electron chi connectivity index (χ2n) is 7.74. The molecule has 0 saturated heterocycles. The first-order valence-corrected chi connectivity index (χ1v) is 10.4. The summed E-state index contributed by atoms with van der Waals surface area (Å²) in [7, 11) is 0. The van der Waals surface area contributed by atoms with Gasteiger partial charge < -0.3 is 20.5 Å². The number of hydrogen-bond donors (Lipinski definition) is 3. The number of rotatable bonds is 7. The zero-order chi connectivity index (χ0) is 22.5. The number of amides is 1. The molecule has 7 nitrogen and oxygen atoms in total. The smallest absolute Gasteiger partial charge is 0.321 e. The van der Waals surface area contributed by atoms with Gasteiger partial charge in [-0.25, -0.2) is 0 Å². The third-order valence-electron chi connectivity index (χ3n) is 5.43. The average Bonchev–Trinajstić information content (AvgIpc) is 2.93. The van der Waals surface area contributed by atoms with Gasteiger partial charge >= 0.3 is 5.97 Å². The molecule has 4 N–H and O–H groups in total. The molecule has 1 aliphatic rings. The van der Waals surface area contributed by atoms with E-state index in [1.807, 2.05) is 60.7 Å². The highest BCUT2D eigenvalue weighted by atomic mass is 16.5. The van der Waals surface area contributed by atoms with E-state index < -0.39 is 18.1 Å². The fourth-order valence-corrected chi connectivity index (χ4v) is 3.75. The van der Waals surface area contributed by atoms with Crippen LogP contribution >= 0.6 is 0 Å². The minimum Gasteiger partial charge on any atom is -0.489 e. The topological polar surface area (TPSA) is 105 Å². The number of fused-ring (bicyclic) bond motifs is 1. The van der Waals surface area contributed by atoms with Crippen molar-refractivity contribution in [1.29, 1.82) is 0 Å². The maximum absolute atomic E-state index is 13.6. The SMILES string of the molecule is Nc1ccc(CN2C(=O)[C@@H](N[C@@H](Cc3ccccc3)C(=O)O)COc3ccccc32)cc1. The summed E-state index contributed by atoms with van der Waals surface area (Å²) in [5.41, 5.74) is 8.86. The van der Waals surface area contributed by atoms with Crippen molar-refractivity contribution in [3.05, 3.63) is 90.0 Å². The number of para-hydroxylation sites is 2. The number of carbonyl (C=O) groups excluding carboxylic acids is 1. The lowest BCUT2D eigenvalue weighted by atomic mass is 10.0. The molecule has 2 atom stereocenters. The summed E-state index contributed by atoms with van der Waals surface area (Å²) in [5.74, 6) is -0.685. The molecular weight excluding hydrogens is 406 g/mol. The molecule has 0 spiro atoms. The normalized spacial score (nSPS) is 16.6. The lowest BCUT2D eigenvalue weighted by molar-refractivity contribution is -0.140. The summed E-state index contributed by atoms with van der Waals surface area (Å²) in [4.78, 5) is 27.1. The van der Waals surface area contributed by atoms with E-state index in [1.54, 1.807) is 23.1 Å². The number of nitrogens with one attached hydrogen (secondary N) is 1. The van der Waals surface area contributed by atoms with E-state index >= 15 is 0 Å². The predicted octanol–water partition coefficient (Wildman–Crippen LogP) is 2.85. The van der Waals surface area contributed by atoms with Gasteiger partial charge in [-0.05, 0) is 41.8 Å². The molecule has 0 aromatic heterocycles. The van der Waals surface area contributed by atoms with Gasteiger partial charge in [0.25, 0.3) is 0 Å². The highest BCUT2D eigenvalue weighted by molar-refractivity contribution is 5.99. The van der Waals surface area contributed by atoms with Gasteiger partial charge in [-0.15, -0.1) is 0 Å². The maximum atomic E-state index is 13.6. The molecule has 0 saturated carbocycles. The van der Waals surface area contributed by atoms with Crippen molar-refractivity contribution in [2.45, 2.75) is 25.0 Å². The van der Waals surface area contributed by atoms with Crippen LogP contribution in [0.2, 0.25) is 0 Å². The van der Waals surface area contributed by atoms with E-state index in [9.17, 15) is 14.7 Å². The molecule has 164 valence electrons. The fraction of sp³-hybridized carbons (Fsp3) is 0.200. The first-order chi connectivity index (χ1) is 15.5. The Balaban J connectivity index is 1.60. The van der Waals surface area contributed by atoms with Crippen LogP contribution in [0.5, 0.6) is 5.75 Å². The quantitative estimate of drug-likeness (QED) is 0.497. The van der Waals surface area contributed by atoms with E-state index in [0.29, 0.717) is 23.7 Å². The van der Waals surface area contributed by atoms with Crippen LogP contribution in [0, 0.1) is 0 Å². The highest BCUT2D eigenvalue weighted by Gasteiger charge is 2.34. The molecular formula is C25H25N3O4. The zero-order valence-corrected chi connectivity index (χ0v) is 17.5. The maximum Gasteiger partial charge on any atom is 0.321 e. The molecule has 1 aliphatic heterocycles. The summed E-state index contributed by atoms with van der Waals surface area (Å²) in [6.07, 6.45) is 0.255. The molecule has 3 aromatic carbocycles. The Kier molecular flexibility index (Phi) is 6.37. The first-order valence-electron chi connectivity index (χ1n) is 10.4. The van der Waals surface area contributed by atoms with Crippen LogP contribution in [0.4, 0.5) is 11.4 Å². The van der Waals surface area contributed by atoms with Crippen molar-refractivity contribution in [3.8, 4) is 5.75 Å². The molecule has 0 unspecified atom stereocenters. The lowest BCUT2D eigenvalue weighted by Gasteiger charge is -2.26. The van der Waals surface area contributed by atoms with Gasteiger partial charge in [-0.2, -0.15) is 0 Å². The molecule has 32 heavy (non-hydrogen) atoms. The fourth-order valence-electron chi connectivity index (χ4n) is 3.75. The van der Waals surface area contributed by atoms with Crippen LogP contribution < -0.4 is 20.7 Å². The summed E-state index contributed by atoms with van der Waals surface area (Å²) >= 11 is 0. The Morgan fingerprint density at radius 1 is 1.03 bits per heavy atom. The van der Waals surface area contributed by atoms with Crippen molar-refractivity contribution in [1.82, 2.24) is 5.32 Å². The van der Waals surface area contributed by atoms with Crippen LogP contribution in [0.25, 0.3) is 0 Å². The largest absolute Gasteiger partial charge is 0.489 e. The van der Waals surface area contributed by atoms with Crippen LogP contribution in [-0.2, 0) is 22.6 Å². The number of hydrogen-bond acceptors (Lipinski definition) is 5. The van der Waals surface area contributed by atoms with Crippen molar-refractivity contribution in [2.75, 3.05) is 17.2 Å². The van der Waals surface area contributed by atoms with E-state index in [2.05, 4.69) is 5.32 Å². The standard InChI is InChI=1S/C25H25N3O4/c26-19-12-10-18(11-13-19)15-28-22-8-4-5-9-23(22)32-16-21(24(28)29)27-20(25(30)31)14-17-6-2-1-3-7-17/h1-13,20-21,27H,14-16,26H2,(H,30,31)/t20-,21-/m0/s1. The highest BCUT2D eigenvalue weighted by Crippen LogP contribution is 2.32. The lowest BCUT2D eigenvalue weighted by Crippen LogP contribution is -2.54. The van der Waals surface area contributed by atoms with Gasteiger partial charge in [0.05, 0.1) is 12.2 Å². The Labute approximate surface area is 186 Å². The molecule has 3 aromatic rings. The Morgan fingerprint density at radius 2 is 1.72 bits per heavy atom. The summed E-state index contributed by atoms with van der Waals surface area (Å²) in [6, 6.07) is 22.2. The van der Waals surface area contributed by atoms with Crippen LogP contribution in [0.15, 0.2) is 78.9 Å². The van der Waals surface area contributed by atoms with Crippen molar-refractivity contribution >= 4 is 23.3 Å². The number of anilines is 2. The van der Waals surface area contributed by atoms with Crippen LogP contribution in [0.1, 0.15) is 11.1 Å². The second kappa shape index (κ2) is 9.53. The van der Waals surface area contributed by atoms with E-state index in [1.165, 1.54) is 0 Å². The number of benzene rings is 3. The number of carbonyl (C=O) groups is 2. The molecule has 1 amide bonds. The van der Waals surface area contributed by atoms with Crippen molar-refractivity contribution in [2.24, 2.45) is 0 Å². The third-order valence-corrected chi connectivity index (χ3v) is 5.43. The second-order valence-corrected chi connectivity index (χ2v) is 7.74. The molecule has 4 rings (SSSR count). The summed E-state index contributed by atoms with van der Waals surface area (Å²) < 4.78 is 5.91. The van der Waals surface area contributed by atoms with Crippen LogP contribution in [-0.4, -0.2) is 35.7 Å².